The van der Waals surface area contributed by atoms with E-state index in [1.54, 1.807) is 34.6 Å². The largest absolute Gasteiger partial charge is 0.459 e. The minimum Gasteiger partial charge on any atom is -0.459 e. The van der Waals surface area contributed by atoms with E-state index in [4.69, 9.17) is 23.7 Å². The van der Waals surface area contributed by atoms with Crippen LogP contribution in [0.3, 0.4) is 0 Å². The molecule has 0 spiro atoms. The summed E-state index contributed by atoms with van der Waals surface area (Å²) in [6.07, 6.45) is -4.97. The van der Waals surface area contributed by atoms with Crippen molar-refractivity contribution in [2.24, 2.45) is 23.7 Å². The van der Waals surface area contributed by atoms with Crippen molar-refractivity contribution in [3.63, 3.8) is 0 Å². The van der Waals surface area contributed by atoms with E-state index >= 15 is 0 Å². The van der Waals surface area contributed by atoms with Gasteiger partial charge >= 0.3 is 11.9 Å². The predicted molar refractivity (Wildman–Crippen MR) is 164 cm³/mol. The third-order valence-corrected chi connectivity index (χ3v) is 10.5. The van der Waals surface area contributed by atoms with Crippen LogP contribution in [0.25, 0.3) is 0 Å². The summed E-state index contributed by atoms with van der Waals surface area (Å²) in [7, 11) is 1.49. The molecule has 3 aliphatic rings. The summed E-state index contributed by atoms with van der Waals surface area (Å²) in [6.45, 7) is 16.4. The van der Waals surface area contributed by atoms with Crippen LogP contribution in [0.5, 0.6) is 0 Å². The number of carbonyl (C=O) groups excluding carboxylic acids is 3. The Hall–Kier alpha value is -1.67. The van der Waals surface area contributed by atoms with E-state index < -0.39 is 83.6 Å². The summed E-state index contributed by atoms with van der Waals surface area (Å²) in [5, 5.41) is 34.2. The molecule has 14 atom stereocenters. The van der Waals surface area contributed by atoms with Crippen molar-refractivity contribution < 1.29 is 53.4 Å². The van der Waals surface area contributed by atoms with Crippen LogP contribution in [0.2, 0.25) is 0 Å². The first-order chi connectivity index (χ1) is 20.9. The highest BCUT2D eigenvalue weighted by Crippen LogP contribution is 2.40. The number of aliphatic hydroxyl groups excluding tert-OH is 2. The van der Waals surface area contributed by atoms with Crippen LogP contribution in [0, 0.1) is 23.7 Å². The molecule has 3 rings (SSSR count). The number of hydrogen-bond donors (Lipinski definition) is 3. The van der Waals surface area contributed by atoms with Gasteiger partial charge in [-0.3, -0.25) is 19.3 Å². The molecule has 12 heteroatoms. The Morgan fingerprint density at radius 2 is 1.69 bits per heavy atom. The van der Waals surface area contributed by atoms with Crippen LogP contribution in [0.4, 0.5) is 0 Å². The standard InChI is InChI=1S/C33H57NO11/c1-11-24-33(9,40)28(38)19(4)25(36)17(2)16-32(8,41-10)29(20(5)26(37)21(6)30(39)44-24)45-31-27(43-22(7)35)23(15-18(3)42-31)34-13-12-14-34/h17-21,23-24,26-29,31,37-38,40H,11-16H2,1-10H3/t17-,18+,19+,20+,21-,23-,24-,26+,27+,28-,29-,31-,32-,33-/m1/s1. The molecule has 0 aromatic rings. The first kappa shape index (κ1) is 37.8. The van der Waals surface area contributed by atoms with E-state index in [1.807, 2.05) is 6.92 Å². The predicted octanol–water partition coefficient (Wildman–Crippen LogP) is 2.23. The second-order valence-corrected chi connectivity index (χ2v) is 14.1. The fraction of sp³-hybridized carbons (Fsp3) is 0.909. The van der Waals surface area contributed by atoms with Gasteiger partial charge in [-0.1, -0.05) is 27.7 Å². The third-order valence-electron chi connectivity index (χ3n) is 10.5. The Balaban J connectivity index is 2.08. The lowest BCUT2D eigenvalue weighted by Gasteiger charge is -2.50. The van der Waals surface area contributed by atoms with Crippen LogP contribution in [0.15, 0.2) is 0 Å². The van der Waals surface area contributed by atoms with Crippen molar-refractivity contribution in [3.8, 4) is 0 Å². The van der Waals surface area contributed by atoms with E-state index in [9.17, 15) is 29.7 Å². The molecule has 0 aromatic carbocycles. The Morgan fingerprint density at radius 1 is 1.07 bits per heavy atom. The number of methoxy groups -OCH3 is 1. The first-order valence-electron chi connectivity index (χ1n) is 16.5. The molecular formula is C33H57NO11. The minimum atomic E-state index is -1.93. The number of esters is 2. The number of ether oxygens (including phenoxy) is 5. The average Bonchev–Trinajstić information content (AvgIpc) is 2.95. The highest BCUT2D eigenvalue weighted by molar-refractivity contribution is 5.83. The Labute approximate surface area is 268 Å². The maximum atomic E-state index is 13.7. The fourth-order valence-electron chi connectivity index (χ4n) is 7.41. The fourth-order valence-corrected chi connectivity index (χ4v) is 7.41. The maximum absolute atomic E-state index is 13.7. The number of rotatable bonds is 6. The number of carbonyl (C=O) groups is 3. The normalized spacial score (nSPS) is 46.1. The van der Waals surface area contributed by atoms with Gasteiger partial charge in [0.05, 0.1) is 42.0 Å². The Bertz CT molecular complexity index is 1030. The molecule has 0 unspecified atom stereocenters. The lowest BCUT2D eigenvalue weighted by Crippen LogP contribution is -2.63. The SMILES string of the molecule is CC[C@H]1OC(=O)[C@H](C)[C@@H](O)[C@H](C)[C@@H](O[C@H]2O[C@@H](C)C[C@@H](N3CCC3)[C@@H]2OC(C)=O)[C@](C)(OC)C[C@@H](C)C(=O)[C@H](C)[C@@H](O)[C@]1(C)O. The number of likely N-dealkylation sites (tertiary alicyclic amines) is 1. The topological polar surface area (TPSA) is 161 Å². The highest BCUT2D eigenvalue weighted by atomic mass is 16.7. The smallest absolute Gasteiger partial charge is 0.311 e. The van der Waals surface area contributed by atoms with E-state index in [0.717, 1.165) is 19.5 Å². The molecule has 3 aliphatic heterocycles. The quantitative estimate of drug-likeness (QED) is 0.363. The molecule has 3 heterocycles. The molecule has 0 saturated carbocycles. The van der Waals surface area contributed by atoms with Crippen molar-refractivity contribution in [1.82, 2.24) is 4.90 Å². The minimum absolute atomic E-state index is 0.120. The highest BCUT2D eigenvalue weighted by Gasteiger charge is 2.53. The van der Waals surface area contributed by atoms with Gasteiger partial charge in [0.15, 0.2) is 12.4 Å². The van der Waals surface area contributed by atoms with Gasteiger partial charge in [-0.15, -0.1) is 0 Å². The van der Waals surface area contributed by atoms with Crippen LogP contribution in [-0.4, -0.2) is 118 Å². The van der Waals surface area contributed by atoms with Gasteiger partial charge in [0.2, 0.25) is 0 Å². The zero-order chi connectivity index (χ0) is 34.0. The molecule has 12 nitrogen and oxygen atoms in total. The summed E-state index contributed by atoms with van der Waals surface area (Å²) in [4.78, 5) is 41.7. The summed E-state index contributed by atoms with van der Waals surface area (Å²) in [5.74, 6) is -5.06. The zero-order valence-electron chi connectivity index (χ0n) is 28.7. The lowest BCUT2D eigenvalue weighted by atomic mass is 9.74. The summed E-state index contributed by atoms with van der Waals surface area (Å²) in [6, 6.07) is -0.139. The van der Waals surface area contributed by atoms with Gasteiger partial charge in [-0.2, -0.15) is 0 Å². The van der Waals surface area contributed by atoms with Gasteiger partial charge in [0, 0.05) is 31.8 Å². The lowest BCUT2D eigenvalue weighted by molar-refractivity contribution is -0.306. The van der Waals surface area contributed by atoms with Gasteiger partial charge in [-0.05, 0) is 66.5 Å². The van der Waals surface area contributed by atoms with Gasteiger partial charge in [0.25, 0.3) is 0 Å². The second kappa shape index (κ2) is 15.0. The van der Waals surface area contributed by atoms with Gasteiger partial charge < -0.3 is 39.0 Å². The zero-order valence-corrected chi connectivity index (χ0v) is 28.7. The molecular weight excluding hydrogens is 586 g/mol. The van der Waals surface area contributed by atoms with Gasteiger partial charge in [-0.25, -0.2) is 0 Å². The molecule has 45 heavy (non-hydrogen) atoms. The number of aliphatic hydroxyl groups is 3. The molecule has 0 aliphatic carbocycles. The molecule has 0 aromatic heterocycles. The number of ketones is 1. The number of hydrogen-bond acceptors (Lipinski definition) is 12. The van der Waals surface area contributed by atoms with E-state index in [0.29, 0.717) is 6.42 Å². The van der Waals surface area contributed by atoms with Crippen LogP contribution in [-0.2, 0) is 38.1 Å². The molecule has 260 valence electrons. The maximum Gasteiger partial charge on any atom is 0.311 e. The summed E-state index contributed by atoms with van der Waals surface area (Å²) >= 11 is 0. The third kappa shape index (κ3) is 8.08. The average molecular weight is 644 g/mol. The van der Waals surface area contributed by atoms with Crippen LogP contribution in [0.1, 0.15) is 88.0 Å². The first-order valence-corrected chi connectivity index (χ1v) is 16.5. The molecule has 0 amide bonds. The van der Waals surface area contributed by atoms with Crippen molar-refractivity contribution in [1.29, 1.82) is 0 Å². The van der Waals surface area contributed by atoms with Gasteiger partial charge in [0.1, 0.15) is 17.5 Å². The number of Topliss-reactive ketones (excluding diaryl/α,β-unsaturated/α-hetero) is 1. The van der Waals surface area contributed by atoms with Crippen LogP contribution >= 0.6 is 0 Å². The molecule has 3 saturated heterocycles. The van der Waals surface area contributed by atoms with Crippen molar-refractivity contribution >= 4 is 17.7 Å². The van der Waals surface area contributed by atoms with E-state index in [2.05, 4.69) is 4.90 Å². The molecule has 3 fully saturated rings. The molecule has 0 bridgehead atoms. The van der Waals surface area contributed by atoms with E-state index in [-0.39, 0.29) is 30.8 Å². The Kier molecular flexibility index (Phi) is 12.6. The second-order valence-electron chi connectivity index (χ2n) is 14.1. The summed E-state index contributed by atoms with van der Waals surface area (Å²) in [5.41, 5.74) is -3.15. The van der Waals surface area contributed by atoms with Crippen molar-refractivity contribution in [2.75, 3.05) is 20.2 Å². The van der Waals surface area contributed by atoms with Crippen molar-refractivity contribution in [3.05, 3.63) is 0 Å². The number of nitrogens with zero attached hydrogens (tertiary/aromatic N) is 1. The molecule has 0 radical (unpaired) electrons. The van der Waals surface area contributed by atoms with Crippen LogP contribution < -0.4 is 0 Å². The Morgan fingerprint density at radius 3 is 2.20 bits per heavy atom. The monoisotopic (exact) mass is 643 g/mol. The van der Waals surface area contributed by atoms with E-state index in [1.165, 1.54) is 27.9 Å². The molecule has 3 N–H and O–H groups in total. The number of cyclic esters (lactones) is 1. The summed E-state index contributed by atoms with van der Waals surface area (Å²) < 4.78 is 30.6. The van der Waals surface area contributed by atoms with Crippen molar-refractivity contribution in [2.45, 2.75) is 148 Å².